The van der Waals surface area contributed by atoms with E-state index in [2.05, 4.69) is 63.1 Å². The van der Waals surface area contributed by atoms with Crippen LogP contribution in [0.1, 0.15) is 48.4 Å². The van der Waals surface area contributed by atoms with Crippen molar-refractivity contribution in [3.05, 3.63) is 65.2 Å². The Kier molecular flexibility index (Phi) is 7.60. The molecule has 0 radical (unpaired) electrons. The summed E-state index contributed by atoms with van der Waals surface area (Å²) >= 11 is 0. The van der Waals surface area contributed by atoms with E-state index in [0.29, 0.717) is 12.6 Å². The third-order valence-electron chi connectivity index (χ3n) is 6.52. The molecule has 2 aromatic rings. The van der Waals surface area contributed by atoms with E-state index in [9.17, 15) is 4.79 Å². The van der Waals surface area contributed by atoms with Crippen molar-refractivity contribution in [3.63, 3.8) is 0 Å². The van der Waals surface area contributed by atoms with E-state index in [1.54, 1.807) is 0 Å². The summed E-state index contributed by atoms with van der Waals surface area (Å²) in [5.74, 6) is -0.304. The zero-order valence-electron chi connectivity index (χ0n) is 18.6. The second kappa shape index (κ2) is 10.8. The summed E-state index contributed by atoms with van der Waals surface area (Å²) in [6.07, 6.45) is 5.57. The van der Waals surface area contributed by atoms with Gasteiger partial charge in [0.1, 0.15) is 6.61 Å². The first-order valence-corrected chi connectivity index (χ1v) is 11.6. The van der Waals surface area contributed by atoms with E-state index in [0.717, 1.165) is 45.4 Å². The zero-order chi connectivity index (χ0) is 21.5. The number of fused-ring (bicyclic) bond motifs is 5. The molecular weight excluding hydrogens is 388 g/mol. The van der Waals surface area contributed by atoms with Gasteiger partial charge in [-0.15, -0.1) is 0 Å². The fraction of sp³-hybridized carbons (Fsp3) is 0.500. The molecule has 0 aliphatic carbocycles. The van der Waals surface area contributed by atoms with Gasteiger partial charge in [-0.05, 0) is 48.6 Å². The first kappa shape index (κ1) is 21.8. The van der Waals surface area contributed by atoms with Crippen molar-refractivity contribution in [2.75, 3.05) is 51.4 Å². The summed E-state index contributed by atoms with van der Waals surface area (Å²) in [7, 11) is 1.39. The SMILES string of the molecule is COC(=O)COCCCCCCN1CCN2c3ccccc3Cc3ccccc3C2C1. The lowest BCUT2D eigenvalue weighted by atomic mass is 9.96. The standard InChI is InChI=1S/C26H34N2O3/c1-30-26(29)20-31-17-9-3-2-8-14-27-15-16-28-24-13-7-5-11-22(24)18-21-10-4-6-12-23(21)25(28)19-27/h4-7,10-13,25H,2-3,8-9,14-20H2,1H3. The minimum absolute atomic E-state index is 0.0623. The normalized spacial score (nSPS) is 18.0. The number of unbranched alkanes of at least 4 members (excludes halogenated alkanes) is 3. The molecule has 0 aromatic heterocycles. The topological polar surface area (TPSA) is 42.0 Å². The Morgan fingerprint density at radius 3 is 2.61 bits per heavy atom. The Morgan fingerprint density at radius 2 is 1.74 bits per heavy atom. The molecule has 5 nitrogen and oxygen atoms in total. The van der Waals surface area contributed by atoms with Crippen LogP contribution in [0, 0.1) is 0 Å². The number of hydrogen-bond donors (Lipinski definition) is 0. The van der Waals surface area contributed by atoms with Gasteiger partial charge in [-0.2, -0.15) is 0 Å². The Hall–Kier alpha value is -2.37. The van der Waals surface area contributed by atoms with Crippen molar-refractivity contribution in [2.24, 2.45) is 0 Å². The van der Waals surface area contributed by atoms with Crippen LogP contribution >= 0.6 is 0 Å². The van der Waals surface area contributed by atoms with Crippen LogP contribution in [0.3, 0.4) is 0 Å². The number of para-hydroxylation sites is 1. The van der Waals surface area contributed by atoms with Crippen molar-refractivity contribution in [3.8, 4) is 0 Å². The molecule has 1 saturated heterocycles. The molecular formula is C26H34N2O3. The molecule has 2 heterocycles. The summed E-state index contributed by atoms with van der Waals surface area (Å²) in [4.78, 5) is 16.3. The fourth-order valence-electron chi connectivity index (χ4n) is 4.87. The second-order valence-corrected chi connectivity index (χ2v) is 8.56. The summed E-state index contributed by atoms with van der Waals surface area (Å²) in [6.45, 7) is 5.14. The van der Waals surface area contributed by atoms with Crippen LogP contribution in [0.25, 0.3) is 0 Å². The van der Waals surface area contributed by atoms with Crippen molar-refractivity contribution < 1.29 is 14.3 Å². The lowest BCUT2D eigenvalue weighted by Gasteiger charge is -2.43. The minimum atomic E-state index is -0.304. The predicted octanol–water partition coefficient (Wildman–Crippen LogP) is 4.20. The molecule has 2 aliphatic rings. The van der Waals surface area contributed by atoms with Crippen LogP contribution in [0.2, 0.25) is 0 Å². The van der Waals surface area contributed by atoms with Gasteiger partial charge in [-0.1, -0.05) is 55.3 Å². The molecule has 1 atom stereocenters. The maximum absolute atomic E-state index is 11.0. The number of ether oxygens (including phenoxy) is 2. The van der Waals surface area contributed by atoms with Gasteiger partial charge in [0.05, 0.1) is 13.2 Å². The number of hydrogen-bond acceptors (Lipinski definition) is 5. The van der Waals surface area contributed by atoms with E-state index in [-0.39, 0.29) is 12.6 Å². The smallest absolute Gasteiger partial charge is 0.331 e. The Bertz CT molecular complexity index is 869. The maximum atomic E-state index is 11.0. The van der Waals surface area contributed by atoms with Gasteiger partial charge >= 0.3 is 5.97 Å². The minimum Gasteiger partial charge on any atom is -0.467 e. The van der Waals surface area contributed by atoms with Crippen molar-refractivity contribution in [2.45, 2.75) is 38.1 Å². The van der Waals surface area contributed by atoms with Gasteiger partial charge in [-0.3, -0.25) is 4.90 Å². The molecule has 0 saturated carbocycles. The molecule has 31 heavy (non-hydrogen) atoms. The average molecular weight is 423 g/mol. The number of rotatable bonds is 9. The Labute approximate surface area is 185 Å². The van der Waals surface area contributed by atoms with Gasteiger partial charge in [0, 0.05) is 31.9 Å². The zero-order valence-corrected chi connectivity index (χ0v) is 18.6. The van der Waals surface area contributed by atoms with Gasteiger partial charge in [0.25, 0.3) is 0 Å². The number of nitrogens with zero attached hydrogens (tertiary/aromatic N) is 2. The molecule has 0 spiro atoms. The first-order valence-electron chi connectivity index (χ1n) is 11.6. The van der Waals surface area contributed by atoms with Crippen LogP contribution in [-0.4, -0.2) is 57.4 Å². The Morgan fingerprint density at radius 1 is 0.968 bits per heavy atom. The van der Waals surface area contributed by atoms with Gasteiger partial charge < -0.3 is 14.4 Å². The van der Waals surface area contributed by atoms with Crippen molar-refractivity contribution >= 4 is 11.7 Å². The number of piperazine rings is 1. The van der Waals surface area contributed by atoms with E-state index in [1.807, 2.05) is 0 Å². The number of methoxy groups -OCH3 is 1. The number of carbonyl (C=O) groups is 1. The summed E-state index contributed by atoms with van der Waals surface area (Å²) in [6, 6.07) is 18.3. The van der Waals surface area contributed by atoms with E-state index < -0.39 is 0 Å². The molecule has 4 rings (SSSR count). The molecule has 2 aromatic carbocycles. The summed E-state index contributed by atoms with van der Waals surface area (Å²) in [5.41, 5.74) is 5.82. The molecule has 2 aliphatic heterocycles. The number of anilines is 1. The van der Waals surface area contributed by atoms with Crippen LogP contribution in [0.15, 0.2) is 48.5 Å². The van der Waals surface area contributed by atoms with E-state index in [1.165, 1.54) is 42.3 Å². The molecule has 1 fully saturated rings. The average Bonchev–Trinajstić information content (AvgIpc) is 2.95. The molecule has 0 bridgehead atoms. The van der Waals surface area contributed by atoms with Gasteiger partial charge in [0.2, 0.25) is 0 Å². The summed E-state index contributed by atoms with van der Waals surface area (Å²) < 4.78 is 9.90. The molecule has 0 N–H and O–H groups in total. The van der Waals surface area contributed by atoms with Crippen LogP contribution < -0.4 is 4.90 Å². The van der Waals surface area contributed by atoms with Gasteiger partial charge in [-0.25, -0.2) is 4.79 Å². The number of carbonyl (C=O) groups excluding carboxylic acids is 1. The van der Waals surface area contributed by atoms with Crippen molar-refractivity contribution in [1.82, 2.24) is 4.90 Å². The largest absolute Gasteiger partial charge is 0.467 e. The summed E-state index contributed by atoms with van der Waals surface area (Å²) in [5, 5.41) is 0. The number of benzene rings is 2. The van der Waals surface area contributed by atoms with Crippen LogP contribution in [-0.2, 0) is 20.7 Å². The molecule has 0 amide bonds. The second-order valence-electron chi connectivity index (χ2n) is 8.56. The highest BCUT2D eigenvalue weighted by Crippen LogP contribution is 2.39. The highest BCUT2D eigenvalue weighted by atomic mass is 16.6. The lowest BCUT2D eigenvalue weighted by molar-refractivity contribution is -0.145. The first-order chi connectivity index (χ1) is 15.3. The number of esters is 1. The Balaban J connectivity index is 1.28. The maximum Gasteiger partial charge on any atom is 0.331 e. The third-order valence-corrected chi connectivity index (χ3v) is 6.52. The third kappa shape index (κ3) is 5.46. The monoisotopic (exact) mass is 422 g/mol. The van der Waals surface area contributed by atoms with E-state index in [4.69, 9.17) is 4.74 Å². The van der Waals surface area contributed by atoms with Crippen molar-refractivity contribution in [1.29, 1.82) is 0 Å². The molecule has 1 unspecified atom stereocenters. The van der Waals surface area contributed by atoms with Gasteiger partial charge in [0.15, 0.2) is 0 Å². The lowest BCUT2D eigenvalue weighted by Crippen LogP contribution is -2.48. The molecule has 166 valence electrons. The van der Waals surface area contributed by atoms with Crippen LogP contribution in [0.4, 0.5) is 5.69 Å². The highest BCUT2D eigenvalue weighted by Gasteiger charge is 2.32. The fourth-order valence-corrected chi connectivity index (χ4v) is 4.87. The quantitative estimate of drug-likeness (QED) is 0.447. The highest BCUT2D eigenvalue weighted by molar-refractivity contribution is 5.70. The van der Waals surface area contributed by atoms with E-state index >= 15 is 0 Å². The molecule has 5 heteroatoms. The predicted molar refractivity (Wildman–Crippen MR) is 124 cm³/mol. The van der Waals surface area contributed by atoms with Crippen LogP contribution in [0.5, 0.6) is 0 Å².